The lowest BCUT2D eigenvalue weighted by Crippen LogP contribution is -2.52. The number of amides is 1. The number of ether oxygens (including phenoxy) is 1. The molecule has 2 fully saturated rings. The first-order valence-electron chi connectivity index (χ1n) is 9.48. The van der Waals surface area contributed by atoms with E-state index in [0.29, 0.717) is 5.92 Å². The summed E-state index contributed by atoms with van der Waals surface area (Å²) < 4.78 is 6.00. The lowest BCUT2D eigenvalue weighted by atomic mass is 9.79. The van der Waals surface area contributed by atoms with Crippen molar-refractivity contribution in [2.45, 2.75) is 56.5 Å². The highest BCUT2D eigenvalue weighted by Crippen LogP contribution is 2.34. The molecule has 1 heterocycles. The normalized spacial score (nSPS) is 29.7. The number of hydrogen-bond acceptors (Lipinski definition) is 5. The minimum atomic E-state index is -0.829. The minimum Gasteiger partial charge on any atom is -0.491 e. The zero-order valence-corrected chi connectivity index (χ0v) is 15.7. The molecule has 1 amide bonds. The molecule has 3 aliphatic rings. The van der Waals surface area contributed by atoms with Crippen LogP contribution >= 0.6 is 0 Å². The van der Waals surface area contributed by atoms with Gasteiger partial charge in [-0.3, -0.25) is 15.1 Å². The van der Waals surface area contributed by atoms with E-state index >= 15 is 0 Å². The van der Waals surface area contributed by atoms with Crippen molar-refractivity contribution in [1.29, 1.82) is 5.41 Å². The summed E-state index contributed by atoms with van der Waals surface area (Å²) in [5.74, 6) is 1.37. The van der Waals surface area contributed by atoms with Crippen LogP contribution in [0.4, 0.5) is 0 Å². The number of guanidine groups is 1. The number of nitrogens with zero attached hydrogens (tertiary/aromatic N) is 1. The van der Waals surface area contributed by atoms with Gasteiger partial charge in [0.1, 0.15) is 12.4 Å². The van der Waals surface area contributed by atoms with Crippen LogP contribution in [0.5, 0.6) is 0 Å². The lowest BCUT2D eigenvalue weighted by Gasteiger charge is -2.33. The Kier molecular flexibility index (Phi) is 5.98. The SMILES string of the molecule is CONC1C=CC(OCC2(CC3CCCCC3)NC(=N)N(C)C2=O)=CC1. The molecule has 3 N–H and O–H groups in total. The van der Waals surface area contributed by atoms with E-state index in [1.165, 1.54) is 24.2 Å². The van der Waals surface area contributed by atoms with E-state index < -0.39 is 5.54 Å². The van der Waals surface area contributed by atoms with Gasteiger partial charge in [-0.05, 0) is 30.9 Å². The van der Waals surface area contributed by atoms with Gasteiger partial charge in [0.15, 0.2) is 11.5 Å². The summed E-state index contributed by atoms with van der Waals surface area (Å²) in [7, 11) is 3.25. The molecule has 0 spiro atoms. The third-order valence-corrected chi connectivity index (χ3v) is 5.59. The Bertz CT molecular complexity index is 598. The Morgan fingerprint density at radius 2 is 2.15 bits per heavy atom. The predicted molar refractivity (Wildman–Crippen MR) is 99.3 cm³/mol. The number of allylic oxidation sites excluding steroid dienone is 1. The van der Waals surface area contributed by atoms with Crippen LogP contribution in [0, 0.1) is 11.3 Å². The largest absolute Gasteiger partial charge is 0.491 e. The molecule has 1 aliphatic heterocycles. The standard InChI is InChI=1S/C19H30N4O3/c1-23-17(24)19(21-18(23)20,12-14-6-4-3-5-7-14)13-26-16-10-8-15(9-11-16)22-25-2/h8,10-11,14-15,22H,3-7,9,12-13H2,1-2H3,(H2,20,21). The number of hydrogen-bond donors (Lipinski definition) is 3. The Labute approximate surface area is 155 Å². The first-order valence-corrected chi connectivity index (χ1v) is 9.48. The minimum absolute atomic E-state index is 0.0626. The second-order valence-corrected chi connectivity index (χ2v) is 7.55. The third kappa shape index (κ3) is 4.10. The van der Waals surface area contributed by atoms with E-state index in [1.54, 1.807) is 14.2 Å². The van der Waals surface area contributed by atoms with Gasteiger partial charge >= 0.3 is 0 Å². The van der Waals surface area contributed by atoms with Crippen LogP contribution in [-0.2, 0) is 14.4 Å². The molecule has 1 saturated carbocycles. The maximum Gasteiger partial charge on any atom is 0.258 e. The molecule has 2 aliphatic carbocycles. The zero-order valence-electron chi connectivity index (χ0n) is 15.7. The van der Waals surface area contributed by atoms with Gasteiger partial charge in [0.05, 0.1) is 13.2 Å². The molecule has 3 rings (SSSR count). The molecule has 0 bridgehead atoms. The van der Waals surface area contributed by atoms with E-state index in [9.17, 15) is 4.79 Å². The van der Waals surface area contributed by atoms with Crippen molar-refractivity contribution in [3.8, 4) is 0 Å². The van der Waals surface area contributed by atoms with E-state index in [1.807, 2.05) is 18.2 Å². The average Bonchev–Trinajstić information content (AvgIpc) is 2.86. The van der Waals surface area contributed by atoms with Crippen molar-refractivity contribution in [3.05, 3.63) is 24.0 Å². The Balaban J connectivity index is 1.66. The van der Waals surface area contributed by atoms with Gasteiger partial charge in [-0.1, -0.05) is 38.2 Å². The molecule has 2 unspecified atom stereocenters. The topological polar surface area (TPSA) is 86.7 Å². The molecule has 2 atom stereocenters. The van der Waals surface area contributed by atoms with E-state index in [0.717, 1.165) is 31.4 Å². The van der Waals surface area contributed by atoms with Gasteiger partial charge in [0, 0.05) is 7.05 Å². The van der Waals surface area contributed by atoms with Crippen molar-refractivity contribution in [3.63, 3.8) is 0 Å². The summed E-state index contributed by atoms with van der Waals surface area (Å²) in [5.41, 5.74) is 2.07. The summed E-state index contributed by atoms with van der Waals surface area (Å²) in [6.45, 7) is 0.244. The fourth-order valence-corrected chi connectivity index (χ4v) is 4.12. The van der Waals surface area contributed by atoms with Gasteiger partial charge in [0.2, 0.25) is 0 Å². The number of carbonyl (C=O) groups excluding carboxylic acids is 1. The molecule has 1 saturated heterocycles. The lowest BCUT2D eigenvalue weighted by molar-refractivity contribution is -0.132. The highest BCUT2D eigenvalue weighted by Gasteiger charge is 2.50. The average molecular weight is 362 g/mol. The fourth-order valence-electron chi connectivity index (χ4n) is 4.12. The molecule has 0 aromatic rings. The molecular formula is C19H30N4O3. The van der Waals surface area contributed by atoms with Crippen LogP contribution < -0.4 is 10.8 Å². The fraction of sp³-hybridized carbons (Fsp3) is 0.684. The molecule has 0 aromatic heterocycles. The molecule has 144 valence electrons. The first kappa shape index (κ1) is 18.9. The summed E-state index contributed by atoms with van der Waals surface area (Å²) in [5, 5.41) is 11.2. The van der Waals surface area contributed by atoms with Gasteiger partial charge < -0.3 is 14.9 Å². The molecule has 0 aromatic carbocycles. The van der Waals surface area contributed by atoms with Crippen LogP contribution in [0.3, 0.4) is 0 Å². The smallest absolute Gasteiger partial charge is 0.258 e. The predicted octanol–water partition coefficient (Wildman–Crippen LogP) is 2.07. The molecule has 7 nitrogen and oxygen atoms in total. The Morgan fingerprint density at radius 1 is 1.38 bits per heavy atom. The van der Waals surface area contributed by atoms with Crippen molar-refractivity contribution < 1.29 is 14.4 Å². The highest BCUT2D eigenvalue weighted by atomic mass is 16.6. The van der Waals surface area contributed by atoms with Crippen molar-refractivity contribution in [1.82, 2.24) is 15.7 Å². The van der Waals surface area contributed by atoms with Gasteiger partial charge in [-0.15, -0.1) is 0 Å². The third-order valence-electron chi connectivity index (χ3n) is 5.59. The van der Waals surface area contributed by atoms with Gasteiger partial charge in [-0.25, -0.2) is 0 Å². The van der Waals surface area contributed by atoms with E-state index in [-0.39, 0.29) is 24.5 Å². The molecule has 0 radical (unpaired) electrons. The number of likely N-dealkylation sites (N-methyl/N-ethyl adjacent to an activating group) is 1. The number of carbonyl (C=O) groups is 1. The number of rotatable bonds is 7. The van der Waals surface area contributed by atoms with Crippen LogP contribution in [0.1, 0.15) is 44.9 Å². The van der Waals surface area contributed by atoms with Crippen LogP contribution in [-0.4, -0.2) is 49.1 Å². The summed E-state index contributed by atoms with van der Waals surface area (Å²) in [6.07, 6.45) is 13.4. The second kappa shape index (κ2) is 8.22. The van der Waals surface area contributed by atoms with Gasteiger partial charge in [0.25, 0.3) is 5.91 Å². The van der Waals surface area contributed by atoms with Crippen LogP contribution in [0.15, 0.2) is 24.0 Å². The monoisotopic (exact) mass is 362 g/mol. The summed E-state index contributed by atoms with van der Waals surface area (Å²) in [4.78, 5) is 19.2. The Morgan fingerprint density at radius 3 is 2.73 bits per heavy atom. The first-order chi connectivity index (χ1) is 12.5. The van der Waals surface area contributed by atoms with Gasteiger partial charge in [-0.2, -0.15) is 5.48 Å². The maximum absolute atomic E-state index is 12.9. The highest BCUT2D eigenvalue weighted by molar-refractivity contribution is 6.07. The summed E-state index contributed by atoms with van der Waals surface area (Å²) >= 11 is 0. The summed E-state index contributed by atoms with van der Waals surface area (Å²) in [6, 6.07) is 0.133. The number of hydroxylamine groups is 1. The number of nitrogens with one attached hydrogen (secondary N) is 3. The quantitative estimate of drug-likeness (QED) is 0.604. The van der Waals surface area contributed by atoms with Crippen LogP contribution in [0.2, 0.25) is 0 Å². The van der Waals surface area contributed by atoms with Crippen molar-refractivity contribution >= 4 is 11.9 Å². The van der Waals surface area contributed by atoms with E-state index in [2.05, 4.69) is 10.8 Å². The second-order valence-electron chi connectivity index (χ2n) is 7.55. The van der Waals surface area contributed by atoms with E-state index in [4.69, 9.17) is 15.0 Å². The molecule has 7 heteroatoms. The maximum atomic E-state index is 12.9. The molecular weight excluding hydrogens is 332 g/mol. The Hall–Kier alpha value is -1.86. The van der Waals surface area contributed by atoms with Crippen molar-refractivity contribution in [2.24, 2.45) is 5.92 Å². The zero-order chi connectivity index (χ0) is 18.6. The molecule has 26 heavy (non-hydrogen) atoms. The van der Waals surface area contributed by atoms with Crippen molar-refractivity contribution in [2.75, 3.05) is 20.8 Å². The van der Waals surface area contributed by atoms with Crippen LogP contribution in [0.25, 0.3) is 0 Å².